The van der Waals surface area contributed by atoms with Crippen LogP contribution >= 0.6 is 11.8 Å². The number of aromatic nitrogens is 1. The molecule has 0 radical (unpaired) electrons. The van der Waals surface area contributed by atoms with Crippen LogP contribution in [-0.2, 0) is 6.54 Å². The molecule has 2 aromatic rings. The van der Waals surface area contributed by atoms with Crippen LogP contribution in [-0.4, -0.2) is 17.8 Å². The lowest BCUT2D eigenvalue weighted by Gasteiger charge is -2.03. The number of hydrogen-bond acceptors (Lipinski definition) is 4. The summed E-state index contributed by atoms with van der Waals surface area (Å²) in [5.74, 6) is 0.867. The van der Waals surface area contributed by atoms with Gasteiger partial charge in [0.25, 0.3) is 0 Å². The van der Waals surface area contributed by atoms with Gasteiger partial charge in [0, 0.05) is 17.0 Å². The topological polar surface area (TPSA) is 38.1 Å². The van der Waals surface area contributed by atoms with Gasteiger partial charge in [-0.1, -0.05) is 19.1 Å². The van der Waals surface area contributed by atoms with Crippen molar-refractivity contribution in [2.75, 3.05) is 12.8 Å². The molecule has 3 nitrogen and oxygen atoms in total. The number of nitrogens with zero attached hydrogens (tertiary/aromatic N) is 1. The van der Waals surface area contributed by atoms with Crippen LogP contribution in [0, 0.1) is 0 Å². The van der Waals surface area contributed by atoms with E-state index in [1.54, 1.807) is 11.8 Å². The first kappa shape index (κ1) is 13.2. The van der Waals surface area contributed by atoms with Crippen molar-refractivity contribution in [3.05, 3.63) is 36.4 Å². The van der Waals surface area contributed by atoms with E-state index in [9.17, 15) is 0 Å². The molecule has 0 bridgehead atoms. The predicted octanol–water partition coefficient (Wildman–Crippen LogP) is 3.56. The van der Waals surface area contributed by atoms with Gasteiger partial charge in [-0.25, -0.2) is 4.98 Å². The van der Waals surface area contributed by atoms with Crippen LogP contribution < -0.4 is 5.32 Å². The molecule has 0 unspecified atom stereocenters. The molecule has 2 rings (SSSR count). The lowest BCUT2D eigenvalue weighted by molar-refractivity contribution is 0.569. The first-order valence-electron chi connectivity index (χ1n) is 6.12. The Balaban J connectivity index is 2.14. The number of benzene rings is 1. The van der Waals surface area contributed by atoms with Gasteiger partial charge in [-0.2, -0.15) is 0 Å². The number of rotatable bonds is 6. The molecule has 1 heterocycles. The lowest BCUT2D eigenvalue weighted by atomic mass is 10.1. The minimum atomic E-state index is 0.754. The van der Waals surface area contributed by atoms with E-state index in [0.29, 0.717) is 0 Å². The molecule has 0 amide bonds. The van der Waals surface area contributed by atoms with E-state index in [1.807, 2.05) is 0 Å². The summed E-state index contributed by atoms with van der Waals surface area (Å²) in [5, 5.41) is 3.34. The van der Waals surface area contributed by atoms with E-state index in [2.05, 4.69) is 47.7 Å². The average Bonchev–Trinajstić information content (AvgIpc) is 2.88. The summed E-state index contributed by atoms with van der Waals surface area (Å²) in [6.45, 7) is 3.90. The second kappa shape index (κ2) is 6.61. The fraction of sp³-hybridized carbons (Fsp3) is 0.357. The maximum atomic E-state index is 5.50. The zero-order valence-corrected chi connectivity index (χ0v) is 11.6. The molecule has 0 aliphatic heterocycles. The Bertz CT molecular complexity index is 479. The molecule has 18 heavy (non-hydrogen) atoms. The molecule has 1 aromatic carbocycles. The van der Waals surface area contributed by atoms with Crippen molar-refractivity contribution in [3.63, 3.8) is 0 Å². The number of thioether (sulfide) groups is 1. The summed E-state index contributed by atoms with van der Waals surface area (Å²) in [6.07, 6.45) is 4.71. The molecule has 0 saturated heterocycles. The molecular formula is C14H18N2OS. The van der Waals surface area contributed by atoms with Crippen LogP contribution in [0.2, 0.25) is 0 Å². The molecule has 0 saturated carbocycles. The van der Waals surface area contributed by atoms with Gasteiger partial charge >= 0.3 is 0 Å². The van der Waals surface area contributed by atoms with Crippen LogP contribution in [0.5, 0.6) is 0 Å². The van der Waals surface area contributed by atoms with E-state index in [4.69, 9.17) is 4.42 Å². The smallest absolute Gasteiger partial charge is 0.181 e. The Labute approximate surface area is 112 Å². The molecule has 96 valence electrons. The third kappa shape index (κ3) is 3.15. The van der Waals surface area contributed by atoms with Crippen molar-refractivity contribution in [3.8, 4) is 11.3 Å². The van der Waals surface area contributed by atoms with Crippen molar-refractivity contribution in [1.82, 2.24) is 10.3 Å². The summed E-state index contributed by atoms with van der Waals surface area (Å²) in [5.41, 5.74) is 2.05. The Morgan fingerprint density at radius 1 is 1.28 bits per heavy atom. The summed E-state index contributed by atoms with van der Waals surface area (Å²) >= 11 is 1.74. The molecule has 0 spiro atoms. The van der Waals surface area contributed by atoms with E-state index < -0.39 is 0 Å². The maximum absolute atomic E-state index is 5.50. The lowest BCUT2D eigenvalue weighted by Crippen LogP contribution is -2.14. The van der Waals surface area contributed by atoms with Gasteiger partial charge in [-0.3, -0.25) is 0 Å². The fourth-order valence-corrected chi connectivity index (χ4v) is 2.16. The molecule has 4 heteroatoms. The average molecular weight is 262 g/mol. The fourth-order valence-electron chi connectivity index (χ4n) is 1.76. The van der Waals surface area contributed by atoms with Crippen LogP contribution in [0.1, 0.15) is 19.0 Å². The number of nitrogens with one attached hydrogen (secondary N) is 1. The SMILES string of the molecule is CCCNCc1ncoc1-c1ccc(SC)cc1. The van der Waals surface area contributed by atoms with Crippen molar-refractivity contribution in [1.29, 1.82) is 0 Å². The Hall–Kier alpha value is -1.26. The van der Waals surface area contributed by atoms with Gasteiger partial charge in [-0.05, 0) is 31.4 Å². The highest BCUT2D eigenvalue weighted by atomic mass is 32.2. The van der Waals surface area contributed by atoms with E-state index >= 15 is 0 Å². The summed E-state index contributed by atoms with van der Waals surface area (Å²) in [4.78, 5) is 5.53. The zero-order valence-electron chi connectivity index (χ0n) is 10.8. The first-order chi connectivity index (χ1) is 8.85. The third-order valence-electron chi connectivity index (χ3n) is 2.71. The molecular weight excluding hydrogens is 244 g/mol. The van der Waals surface area contributed by atoms with Gasteiger partial charge in [0.05, 0.1) is 0 Å². The van der Waals surface area contributed by atoms with Crippen molar-refractivity contribution < 1.29 is 4.42 Å². The maximum Gasteiger partial charge on any atom is 0.181 e. The number of hydrogen-bond donors (Lipinski definition) is 1. The van der Waals surface area contributed by atoms with Gasteiger partial charge in [0.15, 0.2) is 12.2 Å². The van der Waals surface area contributed by atoms with Crippen LogP contribution in [0.4, 0.5) is 0 Å². The van der Waals surface area contributed by atoms with E-state index in [-0.39, 0.29) is 0 Å². The monoisotopic (exact) mass is 262 g/mol. The Morgan fingerprint density at radius 3 is 2.72 bits per heavy atom. The van der Waals surface area contributed by atoms with Crippen molar-refractivity contribution in [2.45, 2.75) is 24.8 Å². The van der Waals surface area contributed by atoms with Crippen LogP contribution in [0.25, 0.3) is 11.3 Å². The van der Waals surface area contributed by atoms with Crippen molar-refractivity contribution in [2.24, 2.45) is 0 Å². The molecule has 0 aliphatic carbocycles. The quantitative estimate of drug-likeness (QED) is 0.638. The van der Waals surface area contributed by atoms with E-state index in [0.717, 1.165) is 36.5 Å². The zero-order chi connectivity index (χ0) is 12.8. The minimum Gasteiger partial charge on any atom is -0.443 e. The molecule has 0 aliphatic rings. The highest BCUT2D eigenvalue weighted by Gasteiger charge is 2.10. The molecule has 1 N–H and O–H groups in total. The summed E-state index contributed by atoms with van der Waals surface area (Å²) in [7, 11) is 0. The van der Waals surface area contributed by atoms with Gasteiger partial charge in [0.1, 0.15) is 5.69 Å². The highest BCUT2D eigenvalue weighted by Crippen LogP contribution is 2.25. The van der Waals surface area contributed by atoms with Crippen LogP contribution in [0.15, 0.2) is 40.0 Å². The summed E-state index contributed by atoms with van der Waals surface area (Å²) < 4.78 is 5.50. The molecule has 1 aromatic heterocycles. The molecule has 0 fully saturated rings. The van der Waals surface area contributed by atoms with Gasteiger partial charge < -0.3 is 9.73 Å². The van der Waals surface area contributed by atoms with Crippen LogP contribution in [0.3, 0.4) is 0 Å². The number of oxazole rings is 1. The van der Waals surface area contributed by atoms with Gasteiger partial charge in [0.2, 0.25) is 0 Å². The standard InChI is InChI=1S/C14H18N2OS/c1-3-8-15-9-13-14(17-10-16-13)11-4-6-12(18-2)7-5-11/h4-7,10,15H,3,8-9H2,1-2H3. The van der Waals surface area contributed by atoms with E-state index in [1.165, 1.54) is 11.3 Å². The first-order valence-corrected chi connectivity index (χ1v) is 7.35. The largest absolute Gasteiger partial charge is 0.443 e. The minimum absolute atomic E-state index is 0.754. The van der Waals surface area contributed by atoms with Crippen molar-refractivity contribution >= 4 is 11.8 Å². The van der Waals surface area contributed by atoms with Gasteiger partial charge in [-0.15, -0.1) is 11.8 Å². The Morgan fingerprint density at radius 2 is 2.06 bits per heavy atom. The summed E-state index contributed by atoms with van der Waals surface area (Å²) in [6, 6.07) is 8.36. The second-order valence-electron chi connectivity index (χ2n) is 4.03. The molecule has 0 atom stereocenters. The highest BCUT2D eigenvalue weighted by molar-refractivity contribution is 7.98. The Kier molecular flexibility index (Phi) is 4.84. The normalized spacial score (nSPS) is 10.8. The predicted molar refractivity (Wildman–Crippen MR) is 75.7 cm³/mol. The second-order valence-corrected chi connectivity index (χ2v) is 4.91. The third-order valence-corrected chi connectivity index (χ3v) is 3.46.